The number of aryl methyl sites for hydroxylation is 1. The molecule has 0 aliphatic carbocycles. The van der Waals surface area contributed by atoms with Crippen molar-refractivity contribution < 1.29 is 18.3 Å². The lowest BCUT2D eigenvalue weighted by Crippen LogP contribution is -2.34. The van der Waals surface area contributed by atoms with Crippen molar-refractivity contribution in [2.75, 3.05) is 13.1 Å². The van der Waals surface area contributed by atoms with E-state index in [0.29, 0.717) is 11.4 Å². The van der Waals surface area contributed by atoms with Crippen LogP contribution in [0.2, 0.25) is 0 Å². The molecule has 1 aliphatic heterocycles. The van der Waals surface area contributed by atoms with Crippen molar-refractivity contribution in [2.24, 2.45) is 5.41 Å². The predicted octanol–water partition coefficient (Wildman–Crippen LogP) is 0.937. The number of carboxylic acids is 1. The normalized spacial score (nSPS) is 25.4. The number of sulfonamides is 1. The largest absolute Gasteiger partial charge is 0.481 e. The Balaban J connectivity index is 2.27. The van der Waals surface area contributed by atoms with Gasteiger partial charge in [0.1, 0.15) is 0 Å². The Morgan fingerprint density at radius 2 is 2.28 bits per heavy atom. The van der Waals surface area contributed by atoms with Gasteiger partial charge in [-0.2, -0.15) is 4.31 Å². The summed E-state index contributed by atoms with van der Waals surface area (Å²) in [4.78, 5) is 15.0. The van der Waals surface area contributed by atoms with Gasteiger partial charge in [0.25, 0.3) is 10.0 Å². The van der Waals surface area contributed by atoms with E-state index in [4.69, 9.17) is 5.11 Å². The molecule has 18 heavy (non-hydrogen) atoms. The van der Waals surface area contributed by atoms with Crippen molar-refractivity contribution in [1.29, 1.82) is 0 Å². The fourth-order valence-corrected chi connectivity index (χ4v) is 4.72. The van der Waals surface area contributed by atoms with E-state index in [1.807, 2.05) is 0 Å². The second-order valence-corrected chi connectivity index (χ2v) is 8.05. The van der Waals surface area contributed by atoms with Crippen LogP contribution in [0, 0.1) is 12.3 Å². The summed E-state index contributed by atoms with van der Waals surface area (Å²) in [5.74, 6) is -0.958. The molecule has 1 aliphatic rings. The third kappa shape index (κ3) is 2.15. The van der Waals surface area contributed by atoms with Crippen LogP contribution in [0.25, 0.3) is 0 Å². The van der Waals surface area contributed by atoms with E-state index in [2.05, 4.69) is 4.98 Å². The summed E-state index contributed by atoms with van der Waals surface area (Å²) in [6.07, 6.45) is 1.66. The van der Waals surface area contributed by atoms with Crippen LogP contribution in [0.4, 0.5) is 0 Å². The molecule has 2 rings (SSSR count). The summed E-state index contributed by atoms with van der Waals surface area (Å²) in [5.41, 5.74) is -0.993. The average molecular weight is 290 g/mol. The maximum absolute atomic E-state index is 12.3. The Bertz CT molecular complexity index is 580. The van der Waals surface area contributed by atoms with Crippen LogP contribution in [0.5, 0.6) is 0 Å². The number of carboxylic acid groups (broad SMARTS) is 1. The van der Waals surface area contributed by atoms with Crippen molar-refractivity contribution in [3.8, 4) is 0 Å². The number of nitrogens with zero attached hydrogens (tertiary/aromatic N) is 2. The van der Waals surface area contributed by atoms with Gasteiger partial charge in [0.05, 0.1) is 16.6 Å². The van der Waals surface area contributed by atoms with E-state index in [0.717, 1.165) is 11.3 Å². The third-order valence-corrected chi connectivity index (χ3v) is 6.34. The number of aliphatic carboxylic acids is 1. The van der Waals surface area contributed by atoms with Crippen molar-refractivity contribution in [3.05, 3.63) is 11.2 Å². The van der Waals surface area contributed by atoms with Crippen LogP contribution in [0.3, 0.4) is 0 Å². The number of hydrogen-bond acceptors (Lipinski definition) is 5. The monoisotopic (exact) mass is 290 g/mol. The molecule has 2 heterocycles. The van der Waals surface area contributed by atoms with E-state index in [1.165, 1.54) is 10.5 Å². The number of rotatable bonds is 3. The van der Waals surface area contributed by atoms with E-state index in [9.17, 15) is 13.2 Å². The number of aromatic nitrogens is 1. The first-order chi connectivity index (χ1) is 8.25. The minimum atomic E-state index is -3.60. The molecule has 0 spiro atoms. The third-order valence-electron chi connectivity index (χ3n) is 3.15. The maximum atomic E-state index is 12.3. The van der Waals surface area contributed by atoms with Gasteiger partial charge in [-0.05, 0) is 20.3 Å². The number of carbonyl (C=O) groups is 1. The van der Waals surface area contributed by atoms with Gasteiger partial charge in [-0.1, -0.05) is 0 Å². The van der Waals surface area contributed by atoms with E-state index in [1.54, 1.807) is 13.8 Å². The molecular formula is C10H14N2O4S2. The Labute approximate surface area is 109 Å². The predicted molar refractivity (Wildman–Crippen MR) is 66.0 cm³/mol. The van der Waals surface area contributed by atoms with Crippen LogP contribution in [-0.2, 0) is 14.8 Å². The highest BCUT2D eigenvalue weighted by molar-refractivity contribution is 7.91. The zero-order valence-corrected chi connectivity index (χ0v) is 11.7. The average Bonchev–Trinajstić information content (AvgIpc) is 2.86. The fourth-order valence-electron chi connectivity index (χ4n) is 1.89. The molecule has 1 aromatic heterocycles. The summed E-state index contributed by atoms with van der Waals surface area (Å²) in [6, 6.07) is 0. The van der Waals surface area contributed by atoms with Gasteiger partial charge in [-0.3, -0.25) is 4.79 Å². The molecule has 1 aromatic rings. The first kappa shape index (κ1) is 13.4. The van der Waals surface area contributed by atoms with Gasteiger partial charge < -0.3 is 5.11 Å². The molecule has 8 heteroatoms. The van der Waals surface area contributed by atoms with Crippen LogP contribution in [-0.4, -0.2) is 41.9 Å². The molecule has 1 fully saturated rings. The van der Waals surface area contributed by atoms with Gasteiger partial charge in [0.15, 0.2) is 4.21 Å². The number of thiazole rings is 1. The second kappa shape index (κ2) is 4.29. The van der Waals surface area contributed by atoms with Gasteiger partial charge in [0, 0.05) is 13.1 Å². The summed E-state index contributed by atoms with van der Waals surface area (Å²) >= 11 is 1.10. The summed E-state index contributed by atoms with van der Waals surface area (Å²) in [7, 11) is -3.60. The molecule has 0 radical (unpaired) electrons. The highest BCUT2D eigenvalue weighted by Crippen LogP contribution is 2.34. The summed E-state index contributed by atoms with van der Waals surface area (Å²) < 4.78 is 25.9. The molecule has 0 saturated carbocycles. The van der Waals surface area contributed by atoms with Crippen molar-refractivity contribution in [1.82, 2.24) is 9.29 Å². The van der Waals surface area contributed by atoms with Crippen LogP contribution in [0.1, 0.15) is 18.4 Å². The molecule has 0 bridgehead atoms. The summed E-state index contributed by atoms with van der Waals surface area (Å²) in [6.45, 7) is 3.56. The fraction of sp³-hybridized carbons (Fsp3) is 0.600. The standard InChI is InChI=1S/C10H14N2O4S2/c1-7-11-5-8(17-7)18(15,16)12-4-3-10(2,6-12)9(13)14/h5H,3-4,6H2,1-2H3,(H,13,14). The van der Waals surface area contributed by atoms with Crippen LogP contribution >= 0.6 is 11.3 Å². The van der Waals surface area contributed by atoms with Crippen molar-refractivity contribution in [3.63, 3.8) is 0 Å². The van der Waals surface area contributed by atoms with Gasteiger partial charge in [-0.25, -0.2) is 13.4 Å². The van der Waals surface area contributed by atoms with Crippen molar-refractivity contribution >= 4 is 27.3 Å². The molecular weight excluding hydrogens is 276 g/mol. The molecule has 100 valence electrons. The van der Waals surface area contributed by atoms with E-state index >= 15 is 0 Å². The highest BCUT2D eigenvalue weighted by Gasteiger charge is 2.45. The molecule has 1 N–H and O–H groups in total. The van der Waals surface area contributed by atoms with Gasteiger partial charge in [0.2, 0.25) is 0 Å². The molecule has 1 saturated heterocycles. The Kier molecular flexibility index (Phi) is 3.20. The SMILES string of the molecule is Cc1ncc(S(=O)(=O)N2CCC(C)(C(=O)O)C2)s1. The molecule has 1 atom stereocenters. The first-order valence-corrected chi connectivity index (χ1v) is 7.67. The Morgan fingerprint density at radius 3 is 2.72 bits per heavy atom. The van der Waals surface area contributed by atoms with Gasteiger partial charge in [-0.15, -0.1) is 11.3 Å². The lowest BCUT2D eigenvalue weighted by atomic mass is 9.90. The summed E-state index contributed by atoms with van der Waals surface area (Å²) in [5, 5.41) is 9.77. The lowest BCUT2D eigenvalue weighted by Gasteiger charge is -2.19. The lowest BCUT2D eigenvalue weighted by molar-refractivity contribution is -0.146. The van der Waals surface area contributed by atoms with Crippen molar-refractivity contribution in [2.45, 2.75) is 24.5 Å². The van der Waals surface area contributed by atoms with Gasteiger partial charge >= 0.3 is 5.97 Å². The van der Waals surface area contributed by atoms with E-state index < -0.39 is 21.4 Å². The zero-order valence-electron chi connectivity index (χ0n) is 10.1. The number of hydrogen-bond donors (Lipinski definition) is 1. The molecule has 0 amide bonds. The zero-order chi connectivity index (χ0) is 13.6. The smallest absolute Gasteiger partial charge is 0.310 e. The quantitative estimate of drug-likeness (QED) is 0.895. The Morgan fingerprint density at radius 1 is 1.61 bits per heavy atom. The Hall–Kier alpha value is -0.990. The second-order valence-electron chi connectivity index (χ2n) is 4.65. The molecule has 6 nitrogen and oxygen atoms in total. The topological polar surface area (TPSA) is 87.6 Å². The van der Waals surface area contributed by atoms with E-state index in [-0.39, 0.29) is 17.3 Å². The van der Waals surface area contributed by atoms with Crippen LogP contribution < -0.4 is 0 Å². The maximum Gasteiger partial charge on any atom is 0.310 e. The first-order valence-electron chi connectivity index (χ1n) is 5.42. The molecule has 0 aromatic carbocycles. The minimum absolute atomic E-state index is 0.0155. The highest BCUT2D eigenvalue weighted by atomic mass is 32.2. The minimum Gasteiger partial charge on any atom is -0.481 e. The van der Waals surface area contributed by atoms with Crippen LogP contribution in [0.15, 0.2) is 10.4 Å². The molecule has 1 unspecified atom stereocenters.